The molecule has 0 radical (unpaired) electrons. The van der Waals surface area contributed by atoms with Crippen LogP contribution >= 0.6 is 0 Å². The number of alkyl halides is 2. The highest BCUT2D eigenvalue weighted by atomic mass is 32.2. The average molecular weight is 367 g/mol. The first-order chi connectivity index (χ1) is 11.6. The Balaban J connectivity index is 2.59. The van der Waals surface area contributed by atoms with Gasteiger partial charge in [0.25, 0.3) is 6.43 Å². The molecular weight excluding hydrogens is 352 g/mol. The second-order valence-corrected chi connectivity index (χ2v) is 7.38. The zero-order valence-electron chi connectivity index (χ0n) is 13.5. The molecule has 0 unspecified atom stereocenters. The second-order valence-electron chi connectivity index (χ2n) is 5.37. The monoisotopic (exact) mass is 367 g/mol. The third-order valence-corrected chi connectivity index (χ3v) is 4.25. The molecule has 0 bridgehead atoms. The van der Waals surface area contributed by atoms with Crippen molar-refractivity contribution >= 4 is 15.7 Å². The van der Waals surface area contributed by atoms with Crippen molar-refractivity contribution in [2.45, 2.75) is 18.2 Å². The molecular formula is C15H15F2N5O2S. The molecule has 0 spiro atoms. The zero-order chi connectivity index (χ0) is 18.8. The average Bonchev–Trinajstić information content (AvgIpc) is 2.90. The van der Waals surface area contributed by atoms with E-state index in [-0.39, 0.29) is 28.6 Å². The fourth-order valence-electron chi connectivity index (χ4n) is 1.98. The van der Waals surface area contributed by atoms with Gasteiger partial charge in [-0.15, -0.1) is 0 Å². The van der Waals surface area contributed by atoms with E-state index in [0.717, 1.165) is 22.7 Å². The smallest absolute Gasteiger partial charge is 0.283 e. The highest BCUT2D eigenvalue weighted by Gasteiger charge is 2.25. The van der Waals surface area contributed by atoms with Crippen molar-refractivity contribution in [2.24, 2.45) is 0 Å². The predicted octanol–water partition coefficient (Wildman–Crippen LogP) is 2.47. The van der Waals surface area contributed by atoms with Crippen LogP contribution in [0.25, 0.3) is 5.82 Å². The van der Waals surface area contributed by atoms with Gasteiger partial charge in [-0.25, -0.2) is 22.2 Å². The van der Waals surface area contributed by atoms with Gasteiger partial charge in [-0.2, -0.15) is 15.0 Å². The topological polar surface area (TPSA) is 101 Å². The lowest BCUT2D eigenvalue weighted by atomic mass is 10.2. The maximum Gasteiger partial charge on any atom is 0.283 e. The Morgan fingerprint density at radius 3 is 2.60 bits per heavy atom. The Hall–Kier alpha value is -2.80. The molecule has 10 heteroatoms. The van der Waals surface area contributed by atoms with E-state index in [1.165, 1.54) is 12.1 Å². The van der Waals surface area contributed by atoms with E-state index in [2.05, 4.69) is 22.0 Å². The van der Waals surface area contributed by atoms with Crippen LogP contribution < -0.4 is 5.32 Å². The first-order valence-corrected chi connectivity index (χ1v) is 8.90. The molecule has 0 saturated carbocycles. The quantitative estimate of drug-likeness (QED) is 0.787. The molecule has 25 heavy (non-hydrogen) atoms. The van der Waals surface area contributed by atoms with E-state index >= 15 is 0 Å². The number of nitriles is 1. The molecule has 0 saturated heterocycles. The van der Waals surface area contributed by atoms with E-state index in [4.69, 9.17) is 0 Å². The van der Waals surface area contributed by atoms with Gasteiger partial charge in [-0.3, -0.25) is 0 Å². The summed E-state index contributed by atoms with van der Waals surface area (Å²) in [5.74, 6) is 0.139. The number of hydrogen-bond acceptors (Lipinski definition) is 6. The summed E-state index contributed by atoms with van der Waals surface area (Å²) in [6.07, 6.45) is -0.820. The zero-order valence-corrected chi connectivity index (χ0v) is 14.3. The number of nitrogens with zero attached hydrogens (tertiary/aromatic N) is 4. The number of aromatic nitrogens is 3. The molecule has 1 N–H and O–H groups in total. The number of sulfone groups is 1. The molecule has 132 valence electrons. The molecule has 2 aromatic rings. The van der Waals surface area contributed by atoms with Crippen LogP contribution in [-0.2, 0) is 9.84 Å². The summed E-state index contributed by atoms with van der Waals surface area (Å²) in [6, 6.07) is 4.33. The van der Waals surface area contributed by atoms with Gasteiger partial charge in [-0.1, -0.05) is 12.2 Å². The third-order valence-electron chi connectivity index (χ3n) is 3.15. The number of anilines is 1. The largest absolute Gasteiger partial charge is 0.365 e. The molecule has 0 aliphatic heterocycles. The highest BCUT2D eigenvalue weighted by Crippen LogP contribution is 2.29. The molecule has 0 amide bonds. The Bertz CT molecular complexity index is 944. The Labute approximate surface area is 143 Å². The van der Waals surface area contributed by atoms with Gasteiger partial charge >= 0.3 is 0 Å². The van der Waals surface area contributed by atoms with Crippen molar-refractivity contribution in [2.75, 3.05) is 18.1 Å². The fourth-order valence-corrected chi connectivity index (χ4v) is 2.54. The molecule has 2 rings (SSSR count). The number of pyridine rings is 1. The van der Waals surface area contributed by atoms with Gasteiger partial charge in [0.1, 0.15) is 23.1 Å². The van der Waals surface area contributed by atoms with Crippen molar-refractivity contribution in [1.29, 1.82) is 5.26 Å². The van der Waals surface area contributed by atoms with Crippen molar-refractivity contribution in [3.05, 3.63) is 41.7 Å². The van der Waals surface area contributed by atoms with Crippen LogP contribution in [0.2, 0.25) is 0 Å². The van der Waals surface area contributed by atoms with Crippen LogP contribution in [-0.4, -0.2) is 36.0 Å². The lowest BCUT2D eigenvalue weighted by molar-refractivity contribution is 0.145. The van der Waals surface area contributed by atoms with Gasteiger partial charge in [0.15, 0.2) is 15.7 Å². The Kier molecular flexibility index (Phi) is 5.18. The number of nitrogens with one attached hydrogen (secondary N) is 1. The molecule has 2 heterocycles. The summed E-state index contributed by atoms with van der Waals surface area (Å²) in [6.45, 7) is 5.67. The van der Waals surface area contributed by atoms with Crippen molar-refractivity contribution in [3.63, 3.8) is 0 Å². The van der Waals surface area contributed by atoms with Crippen LogP contribution in [0.4, 0.5) is 14.6 Å². The number of hydrogen-bond donors (Lipinski definition) is 1. The van der Waals surface area contributed by atoms with Crippen LogP contribution in [0.1, 0.15) is 24.6 Å². The predicted molar refractivity (Wildman–Crippen MR) is 87.4 cm³/mol. The molecule has 2 aromatic heterocycles. The maximum absolute atomic E-state index is 13.2. The minimum absolute atomic E-state index is 0.0190. The van der Waals surface area contributed by atoms with Gasteiger partial charge in [0.05, 0.1) is 4.90 Å². The summed E-state index contributed by atoms with van der Waals surface area (Å²) in [5.41, 5.74) is -0.262. The van der Waals surface area contributed by atoms with Gasteiger partial charge in [0.2, 0.25) is 0 Å². The molecule has 0 aliphatic rings. The lowest BCUT2D eigenvalue weighted by Crippen LogP contribution is -2.10. The summed E-state index contributed by atoms with van der Waals surface area (Å²) in [7, 11) is -3.45. The third kappa shape index (κ3) is 4.00. The van der Waals surface area contributed by atoms with E-state index in [1.807, 2.05) is 0 Å². The van der Waals surface area contributed by atoms with Gasteiger partial charge in [-0.05, 0) is 19.1 Å². The fraction of sp³-hybridized carbons (Fsp3) is 0.267. The number of halogens is 2. The first kappa shape index (κ1) is 18.5. The minimum atomic E-state index is -3.45. The summed E-state index contributed by atoms with van der Waals surface area (Å²) in [4.78, 5) is 3.94. The van der Waals surface area contributed by atoms with E-state index in [1.54, 1.807) is 13.0 Å². The normalized spacial score (nSPS) is 11.4. The SMILES string of the molecule is C=C(C)CNc1c(C#N)c(C(F)F)nn1-c1ccc(S(C)(=O)=O)cn1. The molecule has 7 nitrogen and oxygen atoms in total. The summed E-state index contributed by atoms with van der Waals surface area (Å²) < 4.78 is 50.4. The van der Waals surface area contributed by atoms with Crippen LogP contribution in [0.5, 0.6) is 0 Å². The molecule has 0 aromatic carbocycles. The van der Waals surface area contributed by atoms with Crippen molar-refractivity contribution in [1.82, 2.24) is 14.8 Å². The second kappa shape index (κ2) is 6.98. The van der Waals surface area contributed by atoms with E-state index in [9.17, 15) is 22.5 Å². The van der Waals surface area contributed by atoms with Crippen molar-refractivity contribution < 1.29 is 17.2 Å². The summed E-state index contributed by atoms with van der Waals surface area (Å²) >= 11 is 0. The van der Waals surface area contributed by atoms with Crippen LogP contribution in [0, 0.1) is 11.3 Å². The van der Waals surface area contributed by atoms with Crippen LogP contribution in [0.15, 0.2) is 35.4 Å². The highest BCUT2D eigenvalue weighted by molar-refractivity contribution is 7.90. The van der Waals surface area contributed by atoms with Crippen LogP contribution in [0.3, 0.4) is 0 Å². The summed E-state index contributed by atoms with van der Waals surface area (Å²) in [5, 5.41) is 15.8. The van der Waals surface area contributed by atoms with Crippen molar-refractivity contribution in [3.8, 4) is 11.9 Å². The minimum Gasteiger partial charge on any atom is -0.365 e. The lowest BCUT2D eigenvalue weighted by Gasteiger charge is -2.10. The standard InChI is InChI=1S/C15H15F2N5O2S/c1-9(2)7-20-15-11(6-18)13(14(16)17)21-22(15)12-5-4-10(8-19-12)25(3,23)24/h4-5,8,14,20H,1,7H2,2-3H3. The van der Waals surface area contributed by atoms with Gasteiger partial charge < -0.3 is 5.32 Å². The maximum atomic E-state index is 13.2. The Morgan fingerprint density at radius 1 is 1.48 bits per heavy atom. The van der Waals surface area contributed by atoms with Gasteiger partial charge in [0, 0.05) is 19.0 Å². The Morgan fingerprint density at radius 2 is 2.16 bits per heavy atom. The van der Waals surface area contributed by atoms with E-state index < -0.39 is 22.0 Å². The molecule has 0 fully saturated rings. The molecule has 0 aliphatic carbocycles. The molecule has 0 atom stereocenters. The van der Waals surface area contributed by atoms with E-state index in [0.29, 0.717) is 0 Å². The number of rotatable bonds is 6. The first-order valence-electron chi connectivity index (χ1n) is 7.01.